The number of piperidine rings is 1. The van der Waals surface area contributed by atoms with Crippen LogP contribution in [0.2, 0.25) is 5.02 Å². The van der Waals surface area contributed by atoms with Gasteiger partial charge in [0.05, 0.1) is 17.9 Å². The number of halogens is 1. The topological polar surface area (TPSA) is 77.9 Å². The zero-order valence-electron chi connectivity index (χ0n) is 14.8. The number of carbonyl (C=O) groups excluding carboxylic acids is 2. The maximum atomic E-state index is 12.9. The smallest absolute Gasteiger partial charge is 0.308 e. The first-order chi connectivity index (χ1) is 12.3. The van der Waals surface area contributed by atoms with E-state index in [9.17, 15) is 14.4 Å². The van der Waals surface area contributed by atoms with E-state index in [4.69, 9.17) is 16.7 Å². The number of hydrogen-bond acceptors (Lipinski definition) is 3. The fraction of sp³-hybridized carbons (Fsp3) is 0.526. The lowest BCUT2D eigenvalue weighted by Crippen LogP contribution is -2.48. The zero-order chi connectivity index (χ0) is 18.9. The van der Waals surface area contributed by atoms with E-state index >= 15 is 0 Å². The van der Waals surface area contributed by atoms with Gasteiger partial charge in [-0.1, -0.05) is 23.7 Å². The molecule has 1 unspecified atom stereocenters. The lowest BCUT2D eigenvalue weighted by Gasteiger charge is -2.32. The highest BCUT2D eigenvalue weighted by atomic mass is 35.5. The molecule has 1 N–H and O–H groups in total. The van der Waals surface area contributed by atoms with Crippen LogP contribution < -0.4 is 0 Å². The van der Waals surface area contributed by atoms with Gasteiger partial charge in [-0.3, -0.25) is 14.4 Å². The Bertz CT molecular complexity index is 715. The molecule has 3 rings (SSSR count). The van der Waals surface area contributed by atoms with Gasteiger partial charge in [-0.05, 0) is 43.4 Å². The summed E-state index contributed by atoms with van der Waals surface area (Å²) in [4.78, 5) is 39.7. The number of carbonyl (C=O) groups is 3. The number of benzene rings is 1. The van der Waals surface area contributed by atoms with Crippen molar-refractivity contribution in [2.24, 2.45) is 5.92 Å². The Labute approximate surface area is 157 Å². The second kappa shape index (κ2) is 7.27. The molecule has 7 heteroatoms. The van der Waals surface area contributed by atoms with Crippen LogP contribution in [0.4, 0.5) is 0 Å². The lowest BCUT2D eigenvalue weighted by atomic mass is 9.94. The van der Waals surface area contributed by atoms with Crippen LogP contribution in [-0.4, -0.2) is 59.4 Å². The first kappa shape index (κ1) is 18.7. The minimum Gasteiger partial charge on any atom is -0.481 e. The number of likely N-dealkylation sites (tertiary alicyclic amines) is 1. The van der Waals surface area contributed by atoms with E-state index in [1.165, 1.54) is 4.90 Å². The van der Waals surface area contributed by atoms with Gasteiger partial charge < -0.3 is 14.9 Å². The standard InChI is InChI=1S/C19H23ClN2O4/c1-21(12-16(23)22-10-2-3-13(11-22)17(24)25)18(26)19(8-9-19)14-4-6-15(20)7-5-14/h4-7,13H,2-3,8-12H2,1H3,(H,24,25). The van der Waals surface area contributed by atoms with E-state index in [1.807, 2.05) is 12.1 Å². The molecule has 2 amide bonds. The highest BCUT2D eigenvalue weighted by molar-refractivity contribution is 6.30. The number of amides is 2. The van der Waals surface area contributed by atoms with Crippen LogP contribution >= 0.6 is 11.6 Å². The third kappa shape index (κ3) is 3.70. The molecule has 0 spiro atoms. The van der Waals surface area contributed by atoms with Gasteiger partial charge in [0.25, 0.3) is 0 Å². The summed E-state index contributed by atoms with van der Waals surface area (Å²) in [6, 6.07) is 7.28. The molecule has 1 aromatic rings. The second-order valence-corrected chi connectivity index (χ2v) is 7.70. The maximum absolute atomic E-state index is 12.9. The molecule has 2 fully saturated rings. The third-order valence-electron chi connectivity index (χ3n) is 5.40. The Morgan fingerprint density at radius 3 is 2.50 bits per heavy atom. The fourth-order valence-corrected chi connectivity index (χ4v) is 3.79. The molecule has 1 atom stereocenters. The number of likely N-dealkylation sites (N-methyl/N-ethyl adjacent to an activating group) is 1. The van der Waals surface area contributed by atoms with Crippen molar-refractivity contribution >= 4 is 29.4 Å². The molecule has 2 aliphatic rings. The first-order valence-corrected chi connectivity index (χ1v) is 9.23. The van der Waals surface area contributed by atoms with Crippen molar-refractivity contribution in [1.82, 2.24) is 9.80 Å². The van der Waals surface area contributed by atoms with Crippen molar-refractivity contribution in [3.63, 3.8) is 0 Å². The van der Waals surface area contributed by atoms with E-state index in [-0.39, 0.29) is 24.9 Å². The second-order valence-electron chi connectivity index (χ2n) is 7.27. The van der Waals surface area contributed by atoms with Gasteiger partial charge in [-0.2, -0.15) is 0 Å². The monoisotopic (exact) mass is 378 g/mol. The summed E-state index contributed by atoms with van der Waals surface area (Å²) >= 11 is 5.93. The first-order valence-electron chi connectivity index (χ1n) is 8.86. The van der Waals surface area contributed by atoms with E-state index in [2.05, 4.69) is 0 Å². The van der Waals surface area contributed by atoms with Crippen molar-refractivity contribution < 1.29 is 19.5 Å². The Kier molecular flexibility index (Phi) is 5.23. The van der Waals surface area contributed by atoms with Crippen molar-refractivity contribution in [2.75, 3.05) is 26.7 Å². The van der Waals surface area contributed by atoms with Gasteiger partial charge >= 0.3 is 5.97 Å². The number of hydrogen-bond donors (Lipinski definition) is 1. The molecule has 1 saturated carbocycles. The van der Waals surface area contributed by atoms with E-state index in [1.54, 1.807) is 24.1 Å². The summed E-state index contributed by atoms with van der Waals surface area (Å²) in [5, 5.41) is 9.78. The maximum Gasteiger partial charge on any atom is 0.308 e. The Hall–Kier alpha value is -2.08. The van der Waals surface area contributed by atoms with Crippen molar-refractivity contribution in [3.8, 4) is 0 Å². The van der Waals surface area contributed by atoms with Crippen LogP contribution in [0.3, 0.4) is 0 Å². The largest absolute Gasteiger partial charge is 0.481 e. The third-order valence-corrected chi connectivity index (χ3v) is 5.65. The summed E-state index contributed by atoms with van der Waals surface area (Å²) in [6.07, 6.45) is 2.79. The molecule has 1 aromatic carbocycles. The average molecular weight is 379 g/mol. The number of nitrogens with zero attached hydrogens (tertiary/aromatic N) is 2. The van der Waals surface area contributed by atoms with Crippen molar-refractivity contribution in [1.29, 1.82) is 0 Å². The summed E-state index contributed by atoms with van der Waals surface area (Å²) in [7, 11) is 1.63. The van der Waals surface area contributed by atoms with Crippen LogP contribution in [0.1, 0.15) is 31.2 Å². The molecule has 0 radical (unpaired) electrons. The van der Waals surface area contributed by atoms with Crippen LogP contribution in [0.5, 0.6) is 0 Å². The van der Waals surface area contributed by atoms with Gasteiger partial charge in [0.15, 0.2) is 0 Å². The molecule has 1 saturated heterocycles. The average Bonchev–Trinajstić information content (AvgIpc) is 3.43. The quantitative estimate of drug-likeness (QED) is 0.851. The minimum absolute atomic E-state index is 0.0273. The van der Waals surface area contributed by atoms with Gasteiger partial charge in [0, 0.05) is 25.2 Å². The lowest BCUT2D eigenvalue weighted by molar-refractivity contribution is -0.147. The Morgan fingerprint density at radius 2 is 1.92 bits per heavy atom. The minimum atomic E-state index is -0.869. The molecule has 0 bridgehead atoms. The van der Waals surface area contributed by atoms with Crippen molar-refractivity contribution in [3.05, 3.63) is 34.9 Å². The molecule has 140 valence electrons. The molecule has 0 aromatic heterocycles. The van der Waals surface area contributed by atoms with E-state index < -0.39 is 17.3 Å². The van der Waals surface area contributed by atoms with Gasteiger partial charge in [-0.25, -0.2) is 0 Å². The Morgan fingerprint density at radius 1 is 1.27 bits per heavy atom. The van der Waals surface area contributed by atoms with Crippen LogP contribution in [-0.2, 0) is 19.8 Å². The fourth-order valence-electron chi connectivity index (χ4n) is 3.67. The highest BCUT2D eigenvalue weighted by Gasteiger charge is 2.52. The summed E-state index contributed by atoms with van der Waals surface area (Å²) < 4.78 is 0. The van der Waals surface area contributed by atoms with E-state index in [0.29, 0.717) is 24.4 Å². The molecular formula is C19H23ClN2O4. The summed E-state index contributed by atoms with van der Waals surface area (Å²) in [5.41, 5.74) is 0.376. The van der Waals surface area contributed by atoms with Gasteiger partial charge in [0.1, 0.15) is 0 Å². The van der Waals surface area contributed by atoms with Crippen LogP contribution in [0.15, 0.2) is 24.3 Å². The number of carboxylic acid groups (broad SMARTS) is 1. The molecule has 1 aliphatic carbocycles. The summed E-state index contributed by atoms with van der Waals surface area (Å²) in [5.74, 6) is -1.65. The number of carboxylic acids is 1. The molecule has 1 heterocycles. The zero-order valence-corrected chi connectivity index (χ0v) is 15.5. The van der Waals surface area contributed by atoms with Gasteiger partial charge in [0.2, 0.25) is 11.8 Å². The number of aliphatic carboxylic acids is 1. The Balaban J connectivity index is 1.63. The van der Waals surface area contributed by atoms with Crippen LogP contribution in [0, 0.1) is 5.92 Å². The molecule has 26 heavy (non-hydrogen) atoms. The van der Waals surface area contributed by atoms with Gasteiger partial charge in [-0.15, -0.1) is 0 Å². The normalized spacial score (nSPS) is 21.2. The number of rotatable bonds is 5. The summed E-state index contributed by atoms with van der Waals surface area (Å²) in [6.45, 7) is 0.742. The van der Waals surface area contributed by atoms with Crippen molar-refractivity contribution in [2.45, 2.75) is 31.1 Å². The van der Waals surface area contributed by atoms with Crippen LogP contribution in [0.25, 0.3) is 0 Å². The molecule has 6 nitrogen and oxygen atoms in total. The molecular weight excluding hydrogens is 356 g/mol. The predicted octanol–water partition coefficient (Wildman–Crippen LogP) is 2.15. The molecule has 1 aliphatic heterocycles. The van der Waals surface area contributed by atoms with E-state index in [0.717, 1.165) is 18.4 Å². The SMILES string of the molecule is CN(CC(=O)N1CCCC(C(=O)O)C1)C(=O)C1(c2ccc(Cl)cc2)CC1. The highest BCUT2D eigenvalue weighted by Crippen LogP contribution is 2.49. The predicted molar refractivity (Wildman–Crippen MR) is 96.9 cm³/mol.